The van der Waals surface area contributed by atoms with Crippen LogP contribution in [-0.4, -0.2) is 65.7 Å². The van der Waals surface area contributed by atoms with E-state index in [4.69, 9.17) is 16.3 Å². The summed E-state index contributed by atoms with van der Waals surface area (Å²) in [7, 11) is 0. The number of likely N-dealkylation sites (N-methyl/N-ethyl adjacent to an activating group) is 1. The van der Waals surface area contributed by atoms with E-state index in [1.165, 1.54) is 0 Å². The van der Waals surface area contributed by atoms with E-state index in [1.807, 2.05) is 49.6 Å². The number of hydrogen-bond acceptors (Lipinski definition) is 4. The van der Waals surface area contributed by atoms with Crippen molar-refractivity contribution in [2.24, 2.45) is 0 Å². The highest BCUT2D eigenvalue weighted by Gasteiger charge is 2.35. The highest BCUT2D eigenvalue weighted by atomic mass is 35.5. The van der Waals surface area contributed by atoms with Gasteiger partial charge in [0, 0.05) is 24.7 Å². The number of carbonyl (C=O) groups is 1. The van der Waals surface area contributed by atoms with Gasteiger partial charge in [-0.15, -0.1) is 0 Å². The molecule has 1 heterocycles. The number of aliphatic hydroxyl groups is 1. The van der Waals surface area contributed by atoms with Crippen molar-refractivity contribution in [3.05, 3.63) is 28.3 Å². The van der Waals surface area contributed by atoms with Crippen LogP contribution < -0.4 is 4.74 Å². The molecular formula is C20H31ClN2O3. The fourth-order valence-corrected chi connectivity index (χ4v) is 3.64. The lowest BCUT2D eigenvalue weighted by Gasteiger charge is -2.39. The van der Waals surface area contributed by atoms with E-state index >= 15 is 0 Å². The number of ether oxygens (including phenoxy) is 1. The number of rotatable bonds is 7. The number of halogens is 1. The predicted octanol–water partition coefficient (Wildman–Crippen LogP) is 3.03. The van der Waals surface area contributed by atoms with Crippen LogP contribution in [0.4, 0.5) is 0 Å². The molecule has 26 heavy (non-hydrogen) atoms. The fourth-order valence-electron chi connectivity index (χ4n) is 3.53. The summed E-state index contributed by atoms with van der Waals surface area (Å²) in [5.74, 6) is 0.832. The smallest absolute Gasteiger partial charge is 0.236 e. The summed E-state index contributed by atoms with van der Waals surface area (Å²) in [6, 6.07) is 3.78. The topological polar surface area (TPSA) is 53.0 Å². The maximum atomic E-state index is 12.3. The minimum atomic E-state index is -0.941. The van der Waals surface area contributed by atoms with Crippen LogP contribution in [0.5, 0.6) is 5.75 Å². The maximum Gasteiger partial charge on any atom is 0.236 e. The lowest BCUT2D eigenvalue weighted by atomic mass is 9.93. The Kier molecular flexibility index (Phi) is 7.33. The Morgan fingerprint density at radius 2 is 1.92 bits per heavy atom. The zero-order chi connectivity index (χ0) is 19.3. The average molecular weight is 383 g/mol. The van der Waals surface area contributed by atoms with Crippen LogP contribution in [0, 0.1) is 13.8 Å². The van der Waals surface area contributed by atoms with E-state index in [-0.39, 0.29) is 12.5 Å². The quantitative estimate of drug-likeness (QED) is 0.787. The zero-order valence-electron chi connectivity index (χ0n) is 16.3. The Balaban J connectivity index is 1.95. The molecular weight excluding hydrogens is 352 g/mol. The van der Waals surface area contributed by atoms with Crippen LogP contribution in [-0.2, 0) is 4.79 Å². The van der Waals surface area contributed by atoms with Crippen molar-refractivity contribution in [2.75, 3.05) is 39.3 Å². The van der Waals surface area contributed by atoms with Gasteiger partial charge in [-0.05, 0) is 70.3 Å². The van der Waals surface area contributed by atoms with Crippen LogP contribution >= 0.6 is 11.6 Å². The third-order valence-electron chi connectivity index (χ3n) is 5.03. The zero-order valence-corrected chi connectivity index (χ0v) is 17.1. The lowest BCUT2D eigenvalue weighted by Crippen LogP contribution is -2.54. The third-order valence-corrected chi connectivity index (χ3v) is 5.62. The molecule has 1 fully saturated rings. The summed E-state index contributed by atoms with van der Waals surface area (Å²) in [4.78, 5) is 16.2. The number of amides is 1. The second-order valence-electron chi connectivity index (χ2n) is 7.26. The molecule has 1 unspecified atom stereocenters. The molecule has 0 saturated carbocycles. The van der Waals surface area contributed by atoms with Gasteiger partial charge in [-0.2, -0.15) is 0 Å². The molecule has 1 amide bonds. The van der Waals surface area contributed by atoms with Crippen LogP contribution in [0.2, 0.25) is 5.02 Å². The second kappa shape index (κ2) is 9.07. The normalized spacial score (nSPS) is 20.8. The Morgan fingerprint density at radius 1 is 1.31 bits per heavy atom. The van der Waals surface area contributed by atoms with Gasteiger partial charge in [-0.1, -0.05) is 11.6 Å². The number of hydrogen-bond donors (Lipinski definition) is 1. The molecule has 5 nitrogen and oxygen atoms in total. The molecule has 1 saturated heterocycles. The van der Waals surface area contributed by atoms with Crippen molar-refractivity contribution >= 4 is 17.5 Å². The van der Waals surface area contributed by atoms with Crippen molar-refractivity contribution in [3.8, 4) is 5.75 Å². The molecule has 0 bridgehead atoms. The van der Waals surface area contributed by atoms with Gasteiger partial charge in [-0.3, -0.25) is 9.69 Å². The van der Waals surface area contributed by atoms with Crippen molar-refractivity contribution in [1.29, 1.82) is 0 Å². The Hall–Kier alpha value is -1.30. The van der Waals surface area contributed by atoms with E-state index in [0.29, 0.717) is 38.3 Å². The highest BCUT2D eigenvalue weighted by Crippen LogP contribution is 2.28. The first-order valence-corrected chi connectivity index (χ1v) is 9.78. The number of likely N-dealkylation sites (tertiary alicyclic amines) is 1. The monoisotopic (exact) mass is 382 g/mol. The van der Waals surface area contributed by atoms with Gasteiger partial charge < -0.3 is 14.7 Å². The molecule has 146 valence electrons. The van der Waals surface area contributed by atoms with Crippen LogP contribution in [0.15, 0.2) is 12.1 Å². The van der Waals surface area contributed by atoms with Crippen molar-refractivity contribution in [2.45, 2.75) is 46.1 Å². The minimum Gasteiger partial charge on any atom is -0.491 e. The van der Waals surface area contributed by atoms with Crippen molar-refractivity contribution < 1.29 is 14.6 Å². The number of benzene rings is 1. The summed E-state index contributed by atoms with van der Waals surface area (Å²) >= 11 is 6.20. The summed E-state index contributed by atoms with van der Waals surface area (Å²) in [5.41, 5.74) is 0.982. The molecule has 0 radical (unpaired) electrons. The van der Waals surface area contributed by atoms with Crippen molar-refractivity contribution in [3.63, 3.8) is 0 Å². The number of piperidine rings is 1. The van der Waals surface area contributed by atoms with Crippen LogP contribution in [0.3, 0.4) is 0 Å². The minimum absolute atomic E-state index is 0.115. The van der Waals surface area contributed by atoms with E-state index < -0.39 is 5.60 Å². The number of carbonyl (C=O) groups excluding carboxylic acids is 1. The summed E-state index contributed by atoms with van der Waals surface area (Å²) in [6.07, 6.45) is 1.53. The van der Waals surface area contributed by atoms with Crippen LogP contribution in [0.25, 0.3) is 0 Å². The first-order valence-electron chi connectivity index (χ1n) is 9.40. The molecule has 0 aromatic heterocycles. The number of aryl methyl sites for hydroxylation is 2. The van der Waals surface area contributed by atoms with E-state index in [9.17, 15) is 9.90 Å². The molecule has 1 aliphatic rings. The molecule has 2 rings (SSSR count). The van der Waals surface area contributed by atoms with Gasteiger partial charge in [0.15, 0.2) is 0 Å². The van der Waals surface area contributed by atoms with Gasteiger partial charge in [0.2, 0.25) is 5.91 Å². The number of nitrogens with zero attached hydrogens (tertiary/aromatic N) is 2. The first-order chi connectivity index (χ1) is 12.3. The van der Waals surface area contributed by atoms with Gasteiger partial charge in [-0.25, -0.2) is 0 Å². The second-order valence-corrected chi connectivity index (χ2v) is 7.64. The van der Waals surface area contributed by atoms with E-state index in [0.717, 1.165) is 29.1 Å². The number of β-amino-alcohol motifs (C(OH)–C–C–N with tert-alkyl or cyclic N) is 1. The van der Waals surface area contributed by atoms with Gasteiger partial charge >= 0.3 is 0 Å². The van der Waals surface area contributed by atoms with Crippen molar-refractivity contribution in [1.82, 2.24) is 9.80 Å². The fraction of sp³-hybridized carbons (Fsp3) is 0.650. The largest absolute Gasteiger partial charge is 0.491 e. The van der Waals surface area contributed by atoms with Gasteiger partial charge in [0.05, 0.1) is 6.54 Å². The molecule has 1 N–H and O–H groups in total. The van der Waals surface area contributed by atoms with Gasteiger partial charge in [0.1, 0.15) is 18.0 Å². The standard InChI is InChI=1S/C20H31ClN2O3/c1-5-23(6-2)18(24)12-22-9-7-8-20(25,13-22)14-26-17-10-15(3)19(21)16(4)11-17/h10-11,25H,5-9,12-14H2,1-4H3. The molecule has 1 aromatic rings. The van der Waals surface area contributed by atoms with Crippen LogP contribution in [0.1, 0.15) is 37.8 Å². The highest BCUT2D eigenvalue weighted by molar-refractivity contribution is 6.32. The Labute approximate surface area is 161 Å². The van der Waals surface area contributed by atoms with E-state index in [1.54, 1.807) is 0 Å². The lowest BCUT2D eigenvalue weighted by molar-refractivity contribution is -0.134. The first kappa shape index (κ1) is 21.0. The predicted molar refractivity (Wildman–Crippen MR) is 105 cm³/mol. The summed E-state index contributed by atoms with van der Waals surface area (Å²) < 4.78 is 5.88. The SMILES string of the molecule is CCN(CC)C(=O)CN1CCCC(O)(COc2cc(C)c(Cl)c(C)c2)C1. The molecule has 1 aromatic carbocycles. The molecule has 0 aliphatic carbocycles. The maximum absolute atomic E-state index is 12.3. The van der Waals surface area contributed by atoms with E-state index in [2.05, 4.69) is 0 Å². The Morgan fingerprint density at radius 3 is 2.50 bits per heavy atom. The Bertz CT molecular complexity index is 610. The third kappa shape index (κ3) is 5.35. The molecule has 0 spiro atoms. The summed E-state index contributed by atoms with van der Waals surface area (Å²) in [6.45, 7) is 11.1. The average Bonchev–Trinajstić information content (AvgIpc) is 2.59. The molecule has 6 heteroatoms. The summed E-state index contributed by atoms with van der Waals surface area (Å²) in [5, 5.41) is 11.7. The molecule has 1 atom stereocenters. The van der Waals surface area contributed by atoms with Gasteiger partial charge in [0.25, 0.3) is 0 Å². The molecule has 1 aliphatic heterocycles.